The van der Waals surface area contributed by atoms with Crippen LogP contribution in [0.15, 0.2) is 47.1 Å². The van der Waals surface area contributed by atoms with Gasteiger partial charge >= 0.3 is 0 Å². The van der Waals surface area contributed by atoms with E-state index in [1.165, 1.54) is 0 Å². The highest BCUT2D eigenvalue weighted by Gasteiger charge is 2.33. The van der Waals surface area contributed by atoms with E-state index in [1.54, 1.807) is 24.5 Å². The number of sulfone groups is 1. The van der Waals surface area contributed by atoms with Gasteiger partial charge < -0.3 is 9.73 Å². The fraction of sp³-hybridized carbons (Fsp3) is 0.450. The highest BCUT2D eigenvalue weighted by atomic mass is 35.5. The summed E-state index contributed by atoms with van der Waals surface area (Å²) in [5, 5.41) is 3.70. The summed E-state index contributed by atoms with van der Waals surface area (Å²) >= 11 is 5.95. The van der Waals surface area contributed by atoms with Gasteiger partial charge in [0, 0.05) is 11.1 Å². The molecule has 1 aliphatic heterocycles. The maximum atomic E-state index is 12.8. The Morgan fingerprint density at radius 2 is 2.07 bits per heavy atom. The summed E-state index contributed by atoms with van der Waals surface area (Å²) in [4.78, 5) is 14.6. The number of carbonyl (C=O) groups excluding carboxylic acids is 1. The molecule has 0 radical (unpaired) electrons. The fourth-order valence-corrected chi connectivity index (χ4v) is 5.41. The summed E-state index contributed by atoms with van der Waals surface area (Å²) in [6, 6.07) is 10.7. The van der Waals surface area contributed by atoms with E-state index in [1.807, 2.05) is 30.0 Å². The first kappa shape index (κ1) is 20.9. The van der Waals surface area contributed by atoms with Gasteiger partial charge in [0.15, 0.2) is 9.84 Å². The first-order chi connectivity index (χ1) is 13.4. The van der Waals surface area contributed by atoms with Crippen molar-refractivity contribution in [3.8, 4) is 0 Å². The Morgan fingerprint density at radius 1 is 1.32 bits per heavy atom. The molecule has 2 heterocycles. The van der Waals surface area contributed by atoms with E-state index >= 15 is 0 Å². The van der Waals surface area contributed by atoms with Gasteiger partial charge in [-0.3, -0.25) is 9.69 Å². The normalized spacial score (nSPS) is 19.6. The van der Waals surface area contributed by atoms with Crippen LogP contribution in [0, 0.1) is 0 Å². The van der Waals surface area contributed by atoms with Crippen LogP contribution in [0.2, 0.25) is 5.02 Å². The average Bonchev–Trinajstić information content (AvgIpc) is 3.29. The smallest absolute Gasteiger partial charge is 0.234 e. The number of furan rings is 1. The predicted molar refractivity (Wildman–Crippen MR) is 109 cm³/mol. The van der Waals surface area contributed by atoms with E-state index in [4.69, 9.17) is 16.0 Å². The zero-order chi connectivity index (χ0) is 20.1. The van der Waals surface area contributed by atoms with Gasteiger partial charge in [-0.05, 0) is 42.7 Å². The van der Waals surface area contributed by atoms with Gasteiger partial charge in [-0.15, -0.1) is 0 Å². The second kappa shape index (κ2) is 9.11. The van der Waals surface area contributed by atoms with Crippen LogP contribution in [0.4, 0.5) is 0 Å². The molecule has 1 aromatic heterocycles. The number of rotatable bonds is 8. The van der Waals surface area contributed by atoms with Crippen molar-refractivity contribution in [1.82, 2.24) is 10.2 Å². The van der Waals surface area contributed by atoms with Crippen molar-refractivity contribution in [2.24, 2.45) is 0 Å². The molecule has 1 saturated heterocycles. The molecule has 1 N–H and O–H groups in total. The molecule has 2 atom stereocenters. The molecule has 1 amide bonds. The molecule has 28 heavy (non-hydrogen) atoms. The molecular formula is C20H25ClN2O4S. The van der Waals surface area contributed by atoms with Crippen molar-refractivity contribution >= 4 is 27.3 Å². The van der Waals surface area contributed by atoms with Gasteiger partial charge in [-0.25, -0.2) is 8.42 Å². The second-order valence-corrected chi connectivity index (χ2v) is 9.79. The van der Waals surface area contributed by atoms with Crippen LogP contribution < -0.4 is 5.32 Å². The Kier molecular flexibility index (Phi) is 6.80. The maximum absolute atomic E-state index is 12.8. The molecule has 0 saturated carbocycles. The highest BCUT2D eigenvalue weighted by molar-refractivity contribution is 7.91. The Morgan fingerprint density at radius 3 is 2.64 bits per heavy atom. The van der Waals surface area contributed by atoms with Crippen LogP contribution >= 0.6 is 11.6 Å². The fourth-order valence-electron chi connectivity index (χ4n) is 3.52. The summed E-state index contributed by atoms with van der Waals surface area (Å²) in [5.74, 6) is 0.811. The molecule has 1 fully saturated rings. The number of benzene rings is 1. The molecule has 2 aromatic rings. The van der Waals surface area contributed by atoms with E-state index in [-0.39, 0.29) is 36.0 Å². The molecule has 2 unspecified atom stereocenters. The van der Waals surface area contributed by atoms with Gasteiger partial charge in [0.1, 0.15) is 5.76 Å². The van der Waals surface area contributed by atoms with Gasteiger partial charge in [-0.2, -0.15) is 0 Å². The maximum Gasteiger partial charge on any atom is 0.234 e. The molecule has 1 aliphatic rings. The van der Waals surface area contributed by atoms with E-state index in [0.29, 0.717) is 23.7 Å². The van der Waals surface area contributed by atoms with Crippen molar-refractivity contribution in [2.75, 3.05) is 18.1 Å². The van der Waals surface area contributed by atoms with E-state index < -0.39 is 9.84 Å². The summed E-state index contributed by atoms with van der Waals surface area (Å²) in [6.45, 7) is 2.52. The Hall–Kier alpha value is -1.83. The van der Waals surface area contributed by atoms with Crippen molar-refractivity contribution in [3.63, 3.8) is 0 Å². The molecule has 1 aromatic carbocycles. The van der Waals surface area contributed by atoms with Gasteiger partial charge in [0.25, 0.3) is 0 Å². The minimum absolute atomic E-state index is 0.0787. The largest absolute Gasteiger partial charge is 0.468 e. The summed E-state index contributed by atoms with van der Waals surface area (Å²) in [6.07, 6.45) is 2.85. The number of amides is 1. The third-order valence-corrected chi connectivity index (χ3v) is 7.03. The minimum atomic E-state index is -3.05. The lowest BCUT2D eigenvalue weighted by molar-refractivity contribution is -0.123. The Bertz CT molecular complexity index is 881. The summed E-state index contributed by atoms with van der Waals surface area (Å²) < 4.78 is 29.2. The lowest BCUT2D eigenvalue weighted by Gasteiger charge is -2.27. The number of hydrogen-bond acceptors (Lipinski definition) is 5. The van der Waals surface area contributed by atoms with E-state index in [2.05, 4.69) is 5.32 Å². The summed E-state index contributed by atoms with van der Waals surface area (Å²) in [5.41, 5.74) is 0.987. The molecule has 0 bridgehead atoms. The monoisotopic (exact) mass is 424 g/mol. The standard InChI is InChI=1S/C20H25ClN2O4S/c1-2-19(15-5-7-16(21)8-6-15)22-20(24)13-23(12-18-4-3-10-27-18)17-9-11-28(25,26)14-17/h3-8,10,17,19H,2,9,11-14H2,1H3,(H,22,24). The van der Waals surface area contributed by atoms with Gasteiger partial charge in [-0.1, -0.05) is 30.7 Å². The van der Waals surface area contributed by atoms with Crippen molar-refractivity contribution < 1.29 is 17.6 Å². The molecular weight excluding hydrogens is 400 g/mol. The average molecular weight is 425 g/mol. The SMILES string of the molecule is CCC(NC(=O)CN(Cc1ccco1)C1CCS(=O)(=O)C1)c1ccc(Cl)cc1. The van der Waals surface area contributed by atoms with Crippen LogP contribution in [0.3, 0.4) is 0 Å². The lowest BCUT2D eigenvalue weighted by Crippen LogP contribution is -2.44. The van der Waals surface area contributed by atoms with Crippen molar-refractivity contribution in [2.45, 2.75) is 38.4 Å². The molecule has 3 rings (SSSR count). The third-order valence-electron chi connectivity index (χ3n) is 5.03. The zero-order valence-corrected chi connectivity index (χ0v) is 17.4. The van der Waals surface area contributed by atoms with Crippen LogP contribution in [-0.2, 0) is 21.2 Å². The van der Waals surface area contributed by atoms with Crippen LogP contribution in [0.5, 0.6) is 0 Å². The van der Waals surface area contributed by atoms with E-state index in [9.17, 15) is 13.2 Å². The van der Waals surface area contributed by atoms with Crippen LogP contribution in [0.1, 0.15) is 37.1 Å². The van der Waals surface area contributed by atoms with Crippen molar-refractivity contribution in [1.29, 1.82) is 0 Å². The van der Waals surface area contributed by atoms with Crippen molar-refractivity contribution in [3.05, 3.63) is 59.0 Å². The zero-order valence-electron chi connectivity index (χ0n) is 15.8. The molecule has 152 valence electrons. The topological polar surface area (TPSA) is 79.6 Å². The molecule has 0 aliphatic carbocycles. The highest BCUT2D eigenvalue weighted by Crippen LogP contribution is 2.22. The number of hydrogen-bond donors (Lipinski definition) is 1. The first-order valence-electron chi connectivity index (χ1n) is 9.38. The molecule has 8 heteroatoms. The van der Waals surface area contributed by atoms with Gasteiger partial charge in [0.2, 0.25) is 5.91 Å². The Labute approximate surface area is 170 Å². The number of nitrogens with one attached hydrogen (secondary N) is 1. The lowest BCUT2D eigenvalue weighted by atomic mass is 10.0. The molecule has 6 nitrogen and oxygen atoms in total. The second-order valence-electron chi connectivity index (χ2n) is 7.12. The predicted octanol–water partition coefficient (Wildman–Crippen LogP) is 3.19. The Balaban J connectivity index is 1.68. The molecule has 0 spiro atoms. The number of halogens is 1. The quantitative estimate of drug-likeness (QED) is 0.703. The van der Waals surface area contributed by atoms with Gasteiger partial charge in [0.05, 0.1) is 36.9 Å². The number of carbonyl (C=O) groups is 1. The summed E-state index contributed by atoms with van der Waals surface area (Å²) in [7, 11) is -3.05. The minimum Gasteiger partial charge on any atom is -0.468 e. The van der Waals surface area contributed by atoms with E-state index in [0.717, 1.165) is 12.0 Å². The number of nitrogens with zero attached hydrogens (tertiary/aromatic N) is 1. The van der Waals surface area contributed by atoms with Crippen LogP contribution in [-0.4, -0.2) is 43.3 Å². The van der Waals surface area contributed by atoms with Crippen LogP contribution in [0.25, 0.3) is 0 Å². The first-order valence-corrected chi connectivity index (χ1v) is 11.6. The third kappa shape index (κ3) is 5.59.